The van der Waals surface area contributed by atoms with Crippen LogP contribution in [-0.4, -0.2) is 7.11 Å². The van der Waals surface area contributed by atoms with Gasteiger partial charge in [-0.15, -0.1) is 11.3 Å². The van der Waals surface area contributed by atoms with Crippen LogP contribution in [-0.2, 0) is 12.8 Å². The maximum atomic E-state index is 5.34. The molecular formula is C17H19BrOS. The second-order valence-corrected chi connectivity index (χ2v) is 7.48. The monoisotopic (exact) mass is 350 g/mol. The topological polar surface area (TPSA) is 9.23 Å². The Morgan fingerprint density at radius 3 is 2.70 bits per heavy atom. The van der Waals surface area contributed by atoms with Crippen molar-refractivity contribution in [1.82, 2.24) is 0 Å². The van der Waals surface area contributed by atoms with Crippen molar-refractivity contribution in [3.8, 4) is 5.75 Å². The van der Waals surface area contributed by atoms with Crippen LogP contribution in [0.15, 0.2) is 24.3 Å². The highest BCUT2D eigenvalue weighted by Crippen LogP contribution is 2.40. The molecule has 0 N–H and O–H groups in total. The van der Waals surface area contributed by atoms with Gasteiger partial charge in [0.05, 0.1) is 11.9 Å². The van der Waals surface area contributed by atoms with Gasteiger partial charge < -0.3 is 4.74 Å². The van der Waals surface area contributed by atoms with E-state index in [0.717, 1.165) is 5.75 Å². The van der Waals surface area contributed by atoms with E-state index in [1.54, 1.807) is 17.6 Å². The lowest BCUT2D eigenvalue weighted by molar-refractivity contribution is 0.411. The summed E-state index contributed by atoms with van der Waals surface area (Å²) in [4.78, 5) is 3.32. The summed E-state index contributed by atoms with van der Waals surface area (Å²) in [6.45, 7) is 2.10. The number of methoxy groups -OCH3 is 1. The minimum Gasteiger partial charge on any atom is -0.496 e. The van der Waals surface area contributed by atoms with Gasteiger partial charge in [-0.25, -0.2) is 0 Å². The van der Waals surface area contributed by atoms with E-state index in [0.29, 0.717) is 4.83 Å². The molecule has 0 saturated heterocycles. The highest BCUT2D eigenvalue weighted by Gasteiger charge is 2.19. The molecule has 20 heavy (non-hydrogen) atoms. The van der Waals surface area contributed by atoms with Crippen LogP contribution >= 0.6 is 27.3 Å². The second kappa shape index (κ2) is 5.90. The molecule has 0 spiro atoms. The van der Waals surface area contributed by atoms with Crippen molar-refractivity contribution in [3.63, 3.8) is 0 Å². The number of ether oxygens (including phenoxy) is 1. The van der Waals surface area contributed by atoms with Gasteiger partial charge in [-0.1, -0.05) is 28.1 Å². The molecule has 1 unspecified atom stereocenters. The van der Waals surface area contributed by atoms with Crippen molar-refractivity contribution in [2.75, 3.05) is 7.11 Å². The van der Waals surface area contributed by atoms with Gasteiger partial charge >= 0.3 is 0 Å². The molecule has 106 valence electrons. The molecular weight excluding hydrogens is 332 g/mol. The van der Waals surface area contributed by atoms with Crippen molar-refractivity contribution in [2.24, 2.45) is 0 Å². The largest absolute Gasteiger partial charge is 0.496 e. The summed E-state index contributed by atoms with van der Waals surface area (Å²) in [5.74, 6) is 0.957. The lowest BCUT2D eigenvalue weighted by Gasteiger charge is -2.11. The fourth-order valence-corrected chi connectivity index (χ4v) is 4.82. The van der Waals surface area contributed by atoms with E-state index in [1.165, 1.54) is 41.7 Å². The molecule has 0 saturated carbocycles. The van der Waals surface area contributed by atoms with Gasteiger partial charge in [0.2, 0.25) is 0 Å². The summed E-state index contributed by atoms with van der Waals surface area (Å²) in [6.07, 6.45) is 5.22. The molecule has 3 heteroatoms. The lowest BCUT2D eigenvalue weighted by atomic mass is 9.98. The van der Waals surface area contributed by atoms with Gasteiger partial charge in [0, 0.05) is 9.75 Å². The van der Waals surface area contributed by atoms with Crippen LogP contribution in [0.3, 0.4) is 0 Å². The fourth-order valence-electron chi connectivity index (χ4n) is 2.86. The zero-order chi connectivity index (χ0) is 14.1. The molecule has 0 aliphatic heterocycles. The summed E-state index contributed by atoms with van der Waals surface area (Å²) in [5, 5.41) is 0. The van der Waals surface area contributed by atoms with Crippen molar-refractivity contribution < 1.29 is 4.74 Å². The Labute approximate surface area is 133 Å². The highest BCUT2D eigenvalue weighted by atomic mass is 79.9. The molecule has 0 radical (unpaired) electrons. The normalized spacial score (nSPS) is 15.8. The molecule has 1 aliphatic carbocycles. The summed E-state index contributed by atoms with van der Waals surface area (Å²) < 4.78 is 5.34. The average molecular weight is 351 g/mol. The van der Waals surface area contributed by atoms with Crippen LogP contribution in [0.4, 0.5) is 0 Å². The van der Waals surface area contributed by atoms with Gasteiger partial charge in [-0.05, 0) is 61.4 Å². The number of thiophene rings is 1. The van der Waals surface area contributed by atoms with Crippen LogP contribution in [0.5, 0.6) is 5.75 Å². The minimum absolute atomic E-state index is 0.294. The summed E-state index contributed by atoms with van der Waals surface area (Å²) in [5.41, 5.74) is 4.07. The van der Waals surface area contributed by atoms with Gasteiger partial charge in [-0.3, -0.25) is 0 Å². The molecule has 1 aromatic heterocycles. The quantitative estimate of drug-likeness (QED) is 0.670. The van der Waals surface area contributed by atoms with E-state index in [2.05, 4.69) is 47.1 Å². The van der Waals surface area contributed by atoms with Gasteiger partial charge in [0.1, 0.15) is 5.75 Å². The van der Waals surface area contributed by atoms with Crippen LogP contribution in [0, 0.1) is 6.92 Å². The molecule has 1 nitrogen and oxygen atoms in total. The van der Waals surface area contributed by atoms with E-state index in [-0.39, 0.29) is 0 Å². The van der Waals surface area contributed by atoms with Crippen molar-refractivity contribution in [3.05, 3.63) is 50.7 Å². The Hall–Kier alpha value is -0.800. The first kappa shape index (κ1) is 14.2. The molecule has 3 rings (SSSR count). The zero-order valence-electron chi connectivity index (χ0n) is 11.9. The molecule has 1 heterocycles. The molecule has 1 aromatic carbocycles. The molecule has 1 aliphatic rings. The molecule has 2 aromatic rings. The third-order valence-corrected chi connectivity index (χ3v) is 6.60. The number of hydrogen-bond acceptors (Lipinski definition) is 2. The predicted octanol–water partition coefficient (Wildman–Crippen LogP) is 5.43. The first-order valence-corrected chi connectivity index (χ1v) is 8.82. The van der Waals surface area contributed by atoms with E-state index in [1.807, 2.05) is 11.3 Å². The zero-order valence-corrected chi connectivity index (χ0v) is 14.3. The minimum atomic E-state index is 0.294. The van der Waals surface area contributed by atoms with E-state index in [9.17, 15) is 0 Å². The smallest absolute Gasteiger partial charge is 0.121 e. The molecule has 0 amide bonds. The van der Waals surface area contributed by atoms with Crippen LogP contribution in [0.25, 0.3) is 0 Å². The molecule has 0 bridgehead atoms. The fraction of sp³-hybridized carbons (Fsp3) is 0.412. The standard InChI is InChI=1S/C17H19BrOS/c1-11-9-13(7-8-14(11)19-2)17(18)16-10-12-5-3-4-6-15(12)20-16/h7-10,17H,3-6H2,1-2H3. The van der Waals surface area contributed by atoms with Crippen molar-refractivity contribution >= 4 is 27.3 Å². The maximum Gasteiger partial charge on any atom is 0.121 e. The number of hydrogen-bond donors (Lipinski definition) is 0. The first-order valence-electron chi connectivity index (χ1n) is 7.09. The SMILES string of the molecule is COc1ccc(C(Br)c2cc3c(s2)CCCC3)cc1C. The Bertz CT molecular complexity index is 594. The lowest BCUT2D eigenvalue weighted by Crippen LogP contribution is -1.96. The van der Waals surface area contributed by atoms with Gasteiger partial charge in [0.15, 0.2) is 0 Å². The summed E-state index contributed by atoms with van der Waals surface area (Å²) in [7, 11) is 1.72. The predicted molar refractivity (Wildman–Crippen MR) is 89.5 cm³/mol. The summed E-state index contributed by atoms with van der Waals surface area (Å²) in [6, 6.07) is 8.84. The Kier molecular flexibility index (Phi) is 4.18. The molecule has 0 fully saturated rings. The number of aryl methyl sites for hydroxylation is 3. The Balaban J connectivity index is 1.90. The first-order chi connectivity index (χ1) is 9.69. The van der Waals surface area contributed by atoms with E-state index in [4.69, 9.17) is 4.74 Å². The number of benzene rings is 1. The third kappa shape index (κ3) is 2.66. The average Bonchev–Trinajstić information content (AvgIpc) is 2.90. The number of fused-ring (bicyclic) bond motifs is 1. The van der Waals surface area contributed by atoms with Gasteiger partial charge in [-0.2, -0.15) is 0 Å². The maximum absolute atomic E-state index is 5.34. The van der Waals surface area contributed by atoms with Gasteiger partial charge in [0.25, 0.3) is 0 Å². The molecule has 1 atom stereocenters. The number of alkyl halides is 1. The second-order valence-electron chi connectivity index (χ2n) is 5.40. The van der Waals surface area contributed by atoms with Crippen LogP contribution in [0.1, 0.15) is 44.1 Å². The van der Waals surface area contributed by atoms with Crippen molar-refractivity contribution in [2.45, 2.75) is 37.4 Å². The number of halogens is 1. The van der Waals surface area contributed by atoms with E-state index < -0.39 is 0 Å². The van der Waals surface area contributed by atoms with Crippen molar-refractivity contribution in [1.29, 1.82) is 0 Å². The van der Waals surface area contributed by atoms with Crippen LogP contribution < -0.4 is 4.74 Å². The third-order valence-electron chi connectivity index (χ3n) is 3.98. The Morgan fingerprint density at radius 1 is 1.20 bits per heavy atom. The van der Waals surface area contributed by atoms with Crippen LogP contribution in [0.2, 0.25) is 0 Å². The Morgan fingerprint density at radius 2 is 2.00 bits per heavy atom. The highest BCUT2D eigenvalue weighted by molar-refractivity contribution is 9.09. The number of rotatable bonds is 3. The van der Waals surface area contributed by atoms with E-state index >= 15 is 0 Å². The summed E-state index contributed by atoms with van der Waals surface area (Å²) >= 11 is 5.85.